The van der Waals surface area contributed by atoms with Gasteiger partial charge in [0.15, 0.2) is 17.5 Å². The lowest BCUT2D eigenvalue weighted by Crippen LogP contribution is -2.07. The van der Waals surface area contributed by atoms with Crippen LogP contribution in [0.3, 0.4) is 0 Å². The summed E-state index contributed by atoms with van der Waals surface area (Å²) in [5, 5.41) is 1.49. The van der Waals surface area contributed by atoms with Gasteiger partial charge in [-0.15, -0.1) is 0 Å². The van der Waals surface area contributed by atoms with Crippen LogP contribution in [0, 0.1) is 0 Å². The highest BCUT2D eigenvalue weighted by Crippen LogP contribution is 2.48. The Morgan fingerprint density at radius 1 is 0.295 bits per heavy atom. The van der Waals surface area contributed by atoms with Crippen LogP contribution in [0.5, 0.6) is 0 Å². The van der Waals surface area contributed by atoms with E-state index in [1.807, 2.05) is 146 Å². The summed E-state index contributed by atoms with van der Waals surface area (Å²) in [6.07, 6.45) is 0. The second kappa shape index (κ2) is 14.8. The van der Waals surface area contributed by atoms with Crippen LogP contribution in [0.15, 0.2) is 222 Å². The topological polar surface area (TPSA) is 72.8 Å². The van der Waals surface area contributed by atoms with Gasteiger partial charge >= 0.3 is 0 Å². The largest absolute Gasteiger partial charge is 0.218 e. The van der Waals surface area contributed by atoms with Gasteiger partial charge in [0, 0.05) is 33.2 Å². The van der Waals surface area contributed by atoms with E-state index in [0.29, 0.717) is 34.0 Å². The quantitative estimate of drug-likeness (QED) is 0.177. The molecule has 0 saturated carbocycles. The van der Waals surface area contributed by atoms with Gasteiger partial charge in [0.05, 0.1) is 9.79 Å². The summed E-state index contributed by atoms with van der Waals surface area (Å²) in [4.78, 5) is 15.8. The fourth-order valence-electron chi connectivity index (χ4n) is 8.62. The van der Waals surface area contributed by atoms with E-state index in [2.05, 4.69) is 54.6 Å². The van der Waals surface area contributed by atoms with Crippen molar-refractivity contribution in [2.45, 2.75) is 9.79 Å². The lowest BCUT2D eigenvalue weighted by atomic mass is 9.86. The fraction of sp³-hybridized carbons (Fsp3) is 0. The van der Waals surface area contributed by atoms with Gasteiger partial charge in [0.1, 0.15) is 0 Å². The number of hydrogen-bond donors (Lipinski definition) is 0. The summed E-state index contributed by atoms with van der Waals surface area (Å²) in [5.74, 6) is 1.55. The first-order valence-corrected chi connectivity index (χ1v) is 21.7. The van der Waals surface area contributed by atoms with E-state index in [-0.39, 0.29) is 9.79 Å². The fourth-order valence-corrected chi connectivity index (χ4v) is 10.5. The van der Waals surface area contributed by atoms with Gasteiger partial charge in [-0.3, -0.25) is 0 Å². The molecule has 0 N–H and O–H groups in total. The van der Waals surface area contributed by atoms with Crippen LogP contribution in [0.2, 0.25) is 0 Å². The molecule has 0 radical (unpaired) electrons. The van der Waals surface area contributed by atoms with Gasteiger partial charge in [-0.05, 0) is 62.0 Å². The van der Waals surface area contributed by atoms with Gasteiger partial charge in [0.2, 0.25) is 9.84 Å². The third-order valence-electron chi connectivity index (χ3n) is 11.5. The van der Waals surface area contributed by atoms with E-state index in [0.717, 1.165) is 66.6 Å². The van der Waals surface area contributed by atoms with E-state index in [1.54, 1.807) is 12.1 Å². The van der Waals surface area contributed by atoms with Crippen molar-refractivity contribution >= 4 is 20.6 Å². The molecule has 6 heteroatoms. The van der Waals surface area contributed by atoms with Crippen molar-refractivity contribution < 1.29 is 8.42 Å². The maximum atomic E-state index is 15.6. The molecule has 1 aliphatic rings. The number of hydrogen-bond acceptors (Lipinski definition) is 5. The predicted octanol–water partition coefficient (Wildman–Crippen LogP) is 13.5. The van der Waals surface area contributed by atoms with Gasteiger partial charge in [-0.2, -0.15) is 0 Å². The van der Waals surface area contributed by atoms with Crippen LogP contribution >= 0.6 is 0 Å². The maximum Gasteiger partial charge on any atom is 0.208 e. The van der Waals surface area contributed by atoms with Crippen molar-refractivity contribution in [2.75, 3.05) is 0 Å². The molecule has 11 rings (SSSR count). The van der Waals surface area contributed by atoms with Crippen molar-refractivity contribution in [2.24, 2.45) is 0 Å². The average Bonchev–Trinajstić information content (AvgIpc) is 3.34. The van der Waals surface area contributed by atoms with Crippen molar-refractivity contribution in [3.05, 3.63) is 212 Å². The van der Waals surface area contributed by atoms with Crippen molar-refractivity contribution in [3.8, 4) is 89.8 Å². The summed E-state index contributed by atoms with van der Waals surface area (Å²) in [6, 6.07) is 70.1. The first-order valence-electron chi connectivity index (χ1n) is 20.2. The molecule has 61 heavy (non-hydrogen) atoms. The molecule has 0 spiro atoms. The van der Waals surface area contributed by atoms with Gasteiger partial charge in [-0.1, -0.05) is 200 Å². The Morgan fingerprint density at radius 3 is 1.34 bits per heavy atom. The van der Waals surface area contributed by atoms with E-state index in [9.17, 15) is 0 Å². The summed E-state index contributed by atoms with van der Waals surface area (Å²) in [5.41, 5.74) is 11.3. The maximum absolute atomic E-state index is 15.6. The zero-order valence-corrected chi connectivity index (χ0v) is 33.6. The molecule has 0 bridgehead atoms. The predicted molar refractivity (Wildman–Crippen MR) is 246 cm³/mol. The number of sulfone groups is 1. The summed E-state index contributed by atoms with van der Waals surface area (Å²) < 4.78 is 31.2. The molecular formula is C55H35N3O2S. The Kier molecular flexibility index (Phi) is 8.80. The van der Waals surface area contributed by atoms with Gasteiger partial charge in [-0.25, -0.2) is 23.4 Å². The monoisotopic (exact) mass is 801 g/mol. The number of nitrogens with zero attached hydrogens (tertiary/aromatic N) is 3. The van der Waals surface area contributed by atoms with E-state index >= 15 is 8.42 Å². The smallest absolute Gasteiger partial charge is 0.208 e. The molecule has 1 aliphatic heterocycles. The second-order valence-electron chi connectivity index (χ2n) is 15.1. The molecule has 5 nitrogen and oxygen atoms in total. The normalized spacial score (nSPS) is 12.5. The second-order valence-corrected chi connectivity index (χ2v) is 17.0. The minimum absolute atomic E-state index is 0.255. The Morgan fingerprint density at radius 2 is 0.705 bits per heavy atom. The summed E-state index contributed by atoms with van der Waals surface area (Å²) in [7, 11) is -4.14. The van der Waals surface area contributed by atoms with Crippen LogP contribution < -0.4 is 0 Å². The molecule has 9 aromatic carbocycles. The van der Waals surface area contributed by atoms with Crippen LogP contribution in [0.1, 0.15) is 0 Å². The Labute approximate surface area is 354 Å². The van der Waals surface area contributed by atoms with Crippen molar-refractivity contribution in [1.29, 1.82) is 0 Å². The van der Waals surface area contributed by atoms with Gasteiger partial charge in [0.25, 0.3) is 0 Å². The zero-order chi connectivity index (χ0) is 40.9. The highest BCUT2D eigenvalue weighted by Gasteiger charge is 2.31. The van der Waals surface area contributed by atoms with E-state index in [4.69, 9.17) is 15.0 Å². The lowest BCUT2D eigenvalue weighted by molar-refractivity contribution is 0.597. The summed E-state index contributed by atoms with van der Waals surface area (Å²) >= 11 is 0. The number of benzene rings is 9. The van der Waals surface area contributed by atoms with Crippen LogP contribution in [0.25, 0.3) is 101 Å². The average molecular weight is 802 g/mol. The lowest BCUT2D eigenvalue weighted by Gasteiger charge is -2.19. The SMILES string of the molecule is O=S1(=O)c2ccccc2-c2ccccc2-c2ccccc2-c2ccc(-c3nc(-c4ccccc4)nc(-c4ccc(-c5ccccc5)cc4)n3)cc2-c2ccc3ccccc3c21. The van der Waals surface area contributed by atoms with Crippen LogP contribution in [0.4, 0.5) is 0 Å². The highest BCUT2D eigenvalue weighted by atomic mass is 32.2. The van der Waals surface area contributed by atoms with E-state index in [1.165, 1.54) is 0 Å². The molecule has 0 atom stereocenters. The molecule has 288 valence electrons. The standard InChI is InChI=1S/C55H35N3O2S/c59-61(60)51-26-14-13-25-48(51)46-24-12-11-22-44(46)43-21-9-10-23-45(43)47-33-32-41(35-50(47)49-34-31-38-17-7-8-20-42(38)52(49)61)55-57-53(39-18-5-2-6-19-39)56-54(58-55)40-29-27-37(28-30-40)36-15-3-1-4-16-36/h1-35H. The summed E-state index contributed by atoms with van der Waals surface area (Å²) in [6.45, 7) is 0. The minimum atomic E-state index is -4.14. The Hall–Kier alpha value is -7.80. The van der Waals surface area contributed by atoms with E-state index < -0.39 is 9.84 Å². The minimum Gasteiger partial charge on any atom is -0.218 e. The van der Waals surface area contributed by atoms with Crippen LogP contribution in [-0.4, -0.2) is 23.4 Å². The Balaban J connectivity index is 1.20. The number of rotatable bonds is 4. The molecule has 0 unspecified atom stereocenters. The molecule has 0 saturated heterocycles. The molecule has 0 aliphatic carbocycles. The first-order chi connectivity index (χ1) is 30.0. The zero-order valence-electron chi connectivity index (χ0n) is 32.8. The molecular weight excluding hydrogens is 767 g/mol. The highest BCUT2D eigenvalue weighted by molar-refractivity contribution is 7.92. The number of aromatic nitrogens is 3. The third kappa shape index (κ3) is 6.33. The van der Waals surface area contributed by atoms with Crippen molar-refractivity contribution in [1.82, 2.24) is 15.0 Å². The Bertz CT molecular complexity index is 3420. The van der Waals surface area contributed by atoms with Crippen LogP contribution in [-0.2, 0) is 9.84 Å². The molecule has 1 aromatic heterocycles. The molecule has 0 amide bonds. The first kappa shape index (κ1) is 36.3. The molecule has 10 aromatic rings. The third-order valence-corrected chi connectivity index (χ3v) is 13.4. The van der Waals surface area contributed by atoms with Gasteiger partial charge < -0.3 is 0 Å². The molecule has 2 heterocycles. The van der Waals surface area contributed by atoms with Crippen molar-refractivity contribution in [3.63, 3.8) is 0 Å². The molecule has 0 fully saturated rings. The number of fused-ring (bicyclic) bond motifs is 11.